The lowest BCUT2D eigenvalue weighted by Crippen LogP contribution is -2.15. The Hall–Kier alpha value is -4.53. The highest BCUT2D eigenvalue weighted by molar-refractivity contribution is 6.04. The molecule has 1 heterocycles. The van der Waals surface area contributed by atoms with Gasteiger partial charge in [0.1, 0.15) is 18.2 Å². The summed E-state index contributed by atoms with van der Waals surface area (Å²) in [6, 6.07) is 20.0. The molecule has 0 saturated carbocycles. The molecule has 0 saturated heterocycles. The van der Waals surface area contributed by atoms with Crippen LogP contribution in [0.3, 0.4) is 0 Å². The van der Waals surface area contributed by atoms with E-state index in [1.807, 2.05) is 36.4 Å². The predicted octanol–water partition coefficient (Wildman–Crippen LogP) is 4.13. The number of nitrogens with one attached hydrogen (secondary N) is 3. The number of benzene rings is 3. The van der Waals surface area contributed by atoms with E-state index in [2.05, 4.69) is 25.9 Å². The number of aliphatic carboxylic acids is 1. The Morgan fingerprint density at radius 2 is 1.61 bits per heavy atom. The van der Waals surface area contributed by atoms with Crippen molar-refractivity contribution in [2.45, 2.75) is 6.54 Å². The van der Waals surface area contributed by atoms with Crippen molar-refractivity contribution in [2.75, 3.05) is 22.5 Å². The highest BCUT2D eigenvalue weighted by atomic mass is 19.1. The van der Waals surface area contributed by atoms with Crippen LogP contribution in [0.5, 0.6) is 0 Å². The summed E-state index contributed by atoms with van der Waals surface area (Å²) >= 11 is 0. The molecule has 0 spiro atoms. The standard InChI is InChI=1S/C24H20FN5O3/c25-17-9-7-16(8-10-17)23(33)28-18-11-5-15(6-12-18)13-26-22-19-3-1-2-4-20(19)29-24(30-22)27-14-21(31)32/h1-12H,13-14H2,(H,28,33)(H,31,32)(H2,26,27,29,30). The van der Waals surface area contributed by atoms with Crippen molar-refractivity contribution in [3.05, 3.63) is 89.7 Å². The van der Waals surface area contributed by atoms with Crippen LogP contribution in [-0.2, 0) is 11.3 Å². The zero-order chi connectivity index (χ0) is 23.2. The van der Waals surface area contributed by atoms with Crippen LogP contribution in [0.1, 0.15) is 15.9 Å². The van der Waals surface area contributed by atoms with E-state index in [9.17, 15) is 14.0 Å². The molecule has 1 amide bonds. The summed E-state index contributed by atoms with van der Waals surface area (Å²) in [5, 5.41) is 18.4. The number of carboxylic acid groups (broad SMARTS) is 1. The first-order chi connectivity index (χ1) is 16.0. The van der Waals surface area contributed by atoms with E-state index in [4.69, 9.17) is 5.11 Å². The van der Waals surface area contributed by atoms with Gasteiger partial charge >= 0.3 is 5.97 Å². The number of carbonyl (C=O) groups excluding carboxylic acids is 1. The third-order valence-corrected chi connectivity index (χ3v) is 4.78. The second kappa shape index (κ2) is 9.73. The molecule has 1 aromatic heterocycles. The van der Waals surface area contributed by atoms with Crippen molar-refractivity contribution in [1.82, 2.24) is 9.97 Å². The summed E-state index contributed by atoms with van der Waals surface area (Å²) in [7, 11) is 0. The topological polar surface area (TPSA) is 116 Å². The van der Waals surface area contributed by atoms with E-state index in [1.165, 1.54) is 24.3 Å². The van der Waals surface area contributed by atoms with Gasteiger partial charge in [-0.15, -0.1) is 0 Å². The fraction of sp³-hybridized carbons (Fsp3) is 0.0833. The molecule has 4 aromatic rings. The van der Waals surface area contributed by atoms with Gasteiger partial charge in [0.05, 0.1) is 5.52 Å². The molecule has 0 aliphatic rings. The number of anilines is 3. The molecule has 33 heavy (non-hydrogen) atoms. The Morgan fingerprint density at radius 1 is 0.879 bits per heavy atom. The number of amides is 1. The van der Waals surface area contributed by atoms with Gasteiger partial charge in [0.25, 0.3) is 5.91 Å². The predicted molar refractivity (Wildman–Crippen MR) is 124 cm³/mol. The lowest BCUT2D eigenvalue weighted by atomic mass is 10.1. The first kappa shape index (κ1) is 21.7. The van der Waals surface area contributed by atoms with Crippen molar-refractivity contribution in [3.63, 3.8) is 0 Å². The van der Waals surface area contributed by atoms with Gasteiger partial charge in [-0.05, 0) is 54.1 Å². The maximum absolute atomic E-state index is 13.0. The molecule has 0 atom stereocenters. The summed E-state index contributed by atoms with van der Waals surface area (Å²) in [5.41, 5.74) is 2.60. The monoisotopic (exact) mass is 445 g/mol. The molecule has 3 aromatic carbocycles. The van der Waals surface area contributed by atoms with E-state index in [0.717, 1.165) is 10.9 Å². The van der Waals surface area contributed by atoms with E-state index in [0.29, 0.717) is 29.1 Å². The third kappa shape index (κ3) is 5.59. The minimum atomic E-state index is -1.01. The highest BCUT2D eigenvalue weighted by Gasteiger charge is 2.09. The number of carboxylic acids is 1. The molecule has 0 aliphatic carbocycles. The lowest BCUT2D eigenvalue weighted by molar-refractivity contribution is -0.134. The molecule has 0 fully saturated rings. The first-order valence-electron chi connectivity index (χ1n) is 10.1. The first-order valence-corrected chi connectivity index (χ1v) is 10.1. The van der Waals surface area contributed by atoms with Crippen LogP contribution in [0.25, 0.3) is 10.9 Å². The molecule has 0 radical (unpaired) electrons. The fourth-order valence-electron chi connectivity index (χ4n) is 3.14. The number of fused-ring (bicyclic) bond motifs is 1. The van der Waals surface area contributed by atoms with Gasteiger partial charge in [-0.1, -0.05) is 24.3 Å². The van der Waals surface area contributed by atoms with Crippen molar-refractivity contribution in [2.24, 2.45) is 0 Å². The molecule has 4 rings (SSSR count). The van der Waals surface area contributed by atoms with Crippen LogP contribution in [0, 0.1) is 5.82 Å². The van der Waals surface area contributed by atoms with Gasteiger partial charge in [-0.2, -0.15) is 4.98 Å². The number of halogens is 1. The Labute approximate surface area is 188 Å². The number of carbonyl (C=O) groups is 2. The van der Waals surface area contributed by atoms with Gasteiger partial charge in [0.15, 0.2) is 0 Å². The average molecular weight is 445 g/mol. The van der Waals surface area contributed by atoms with Crippen LogP contribution >= 0.6 is 0 Å². The quantitative estimate of drug-likeness (QED) is 0.322. The van der Waals surface area contributed by atoms with Crippen LogP contribution < -0.4 is 16.0 Å². The Bertz CT molecular complexity index is 1290. The van der Waals surface area contributed by atoms with E-state index in [1.54, 1.807) is 12.1 Å². The maximum atomic E-state index is 13.0. The molecule has 8 nitrogen and oxygen atoms in total. The van der Waals surface area contributed by atoms with Gasteiger partial charge < -0.3 is 21.1 Å². The number of para-hydroxylation sites is 1. The number of hydrogen-bond donors (Lipinski definition) is 4. The largest absolute Gasteiger partial charge is 0.480 e. The number of hydrogen-bond acceptors (Lipinski definition) is 6. The van der Waals surface area contributed by atoms with Gasteiger partial charge in [-0.3, -0.25) is 9.59 Å². The van der Waals surface area contributed by atoms with E-state index < -0.39 is 11.8 Å². The fourth-order valence-corrected chi connectivity index (χ4v) is 3.14. The Kier molecular flexibility index (Phi) is 6.40. The molecular weight excluding hydrogens is 425 g/mol. The molecule has 9 heteroatoms. The van der Waals surface area contributed by atoms with Gasteiger partial charge in [0, 0.05) is 23.2 Å². The minimum absolute atomic E-state index is 0.220. The lowest BCUT2D eigenvalue weighted by Gasteiger charge is -2.12. The van der Waals surface area contributed by atoms with Crippen molar-refractivity contribution in [3.8, 4) is 0 Å². The molecule has 4 N–H and O–H groups in total. The third-order valence-electron chi connectivity index (χ3n) is 4.78. The van der Waals surface area contributed by atoms with Gasteiger partial charge in [0.2, 0.25) is 5.95 Å². The molecule has 166 valence electrons. The van der Waals surface area contributed by atoms with E-state index in [-0.39, 0.29) is 18.4 Å². The minimum Gasteiger partial charge on any atom is -0.480 e. The van der Waals surface area contributed by atoms with Gasteiger partial charge in [-0.25, -0.2) is 9.37 Å². The second-order valence-corrected chi connectivity index (χ2v) is 7.17. The SMILES string of the molecule is O=C(O)CNc1nc(NCc2ccc(NC(=O)c3ccc(F)cc3)cc2)c2ccccc2n1. The highest BCUT2D eigenvalue weighted by Crippen LogP contribution is 2.22. The second-order valence-electron chi connectivity index (χ2n) is 7.17. The summed E-state index contributed by atoms with van der Waals surface area (Å²) in [6.45, 7) is 0.161. The maximum Gasteiger partial charge on any atom is 0.322 e. The molecule has 0 bridgehead atoms. The number of aromatic nitrogens is 2. The van der Waals surface area contributed by atoms with Crippen LogP contribution in [0.4, 0.5) is 21.8 Å². The number of nitrogens with zero attached hydrogens (tertiary/aromatic N) is 2. The summed E-state index contributed by atoms with van der Waals surface area (Å²) < 4.78 is 13.0. The summed E-state index contributed by atoms with van der Waals surface area (Å²) in [5.74, 6) is -0.938. The number of rotatable bonds is 8. The van der Waals surface area contributed by atoms with E-state index >= 15 is 0 Å². The zero-order valence-corrected chi connectivity index (χ0v) is 17.4. The molecule has 0 unspecified atom stereocenters. The smallest absolute Gasteiger partial charge is 0.322 e. The Balaban J connectivity index is 1.44. The van der Waals surface area contributed by atoms with Crippen LogP contribution in [0.2, 0.25) is 0 Å². The van der Waals surface area contributed by atoms with Crippen molar-refractivity contribution < 1.29 is 19.1 Å². The molecule has 0 aliphatic heterocycles. The normalized spacial score (nSPS) is 10.6. The Morgan fingerprint density at radius 3 is 2.33 bits per heavy atom. The van der Waals surface area contributed by atoms with Crippen molar-refractivity contribution in [1.29, 1.82) is 0 Å². The summed E-state index contributed by atoms with van der Waals surface area (Å²) in [4.78, 5) is 31.9. The van der Waals surface area contributed by atoms with Crippen LogP contribution in [0.15, 0.2) is 72.8 Å². The van der Waals surface area contributed by atoms with Crippen LogP contribution in [-0.4, -0.2) is 33.5 Å². The average Bonchev–Trinajstić information content (AvgIpc) is 2.82. The molecular formula is C24H20FN5O3. The van der Waals surface area contributed by atoms with Crippen molar-refractivity contribution >= 4 is 40.2 Å². The zero-order valence-electron chi connectivity index (χ0n) is 17.4. The summed E-state index contributed by atoms with van der Waals surface area (Å²) in [6.07, 6.45) is 0.